The summed E-state index contributed by atoms with van der Waals surface area (Å²) < 4.78 is 38.2. The van der Waals surface area contributed by atoms with Gasteiger partial charge in [0.05, 0.1) is 37.0 Å². The predicted molar refractivity (Wildman–Crippen MR) is 134 cm³/mol. The maximum absolute atomic E-state index is 12.9. The molecule has 0 heterocycles. The van der Waals surface area contributed by atoms with Crippen LogP contribution in [-0.4, -0.2) is 49.2 Å². The van der Waals surface area contributed by atoms with Crippen molar-refractivity contribution in [2.45, 2.75) is 4.90 Å². The number of nitrogens with zero attached hydrogens (tertiary/aromatic N) is 2. The lowest BCUT2D eigenvalue weighted by Crippen LogP contribution is -2.38. The van der Waals surface area contributed by atoms with Crippen molar-refractivity contribution in [1.29, 1.82) is 0 Å². The second-order valence-electron chi connectivity index (χ2n) is 7.32. The number of carbonyl (C=O) groups excluding carboxylic acids is 1. The van der Waals surface area contributed by atoms with E-state index < -0.39 is 22.5 Å². The Hall–Kier alpha value is -3.27. The molecule has 0 aliphatic carbocycles. The summed E-state index contributed by atoms with van der Waals surface area (Å²) in [6.07, 6.45) is 0. The topological polar surface area (TPSA) is 88.2 Å². The molecule has 0 unspecified atom stereocenters. The van der Waals surface area contributed by atoms with Gasteiger partial charge < -0.3 is 19.3 Å². The van der Waals surface area contributed by atoms with Gasteiger partial charge in [-0.3, -0.25) is 4.79 Å². The van der Waals surface area contributed by atoms with Gasteiger partial charge in [0.15, 0.2) is 11.5 Å². The Bertz CT molecular complexity index is 1270. The fraction of sp³-hybridized carbons (Fsp3) is 0.208. The van der Waals surface area contributed by atoms with Gasteiger partial charge in [-0.05, 0) is 42.5 Å². The number of anilines is 3. The number of rotatable bonds is 9. The molecule has 3 rings (SSSR count). The summed E-state index contributed by atoms with van der Waals surface area (Å²) in [6.45, 7) is -0.440. The number of nitrogens with one attached hydrogen (secondary N) is 1. The van der Waals surface area contributed by atoms with E-state index >= 15 is 0 Å². The molecule has 0 fully saturated rings. The molecule has 1 amide bonds. The summed E-state index contributed by atoms with van der Waals surface area (Å²) >= 11 is 6.23. The summed E-state index contributed by atoms with van der Waals surface area (Å²) in [5, 5.41) is 0.511. The summed E-state index contributed by atoms with van der Waals surface area (Å²) in [4.78, 5) is 16.2. The number of methoxy groups -OCH3 is 2. The Labute approximate surface area is 204 Å². The van der Waals surface area contributed by atoms with Gasteiger partial charge in [0.25, 0.3) is 0 Å². The number of halogens is 1. The van der Waals surface area contributed by atoms with Crippen LogP contribution in [0, 0.1) is 0 Å². The number of para-hydroxylation sites is 1. The molecule has 0 aliphatic rings. The molecule has 180 valence electrons. The van der Waals surface area contributed by atoms with Gasteiger partial charge in [-0.2, -0.15) is 0 Å². The number of benzene rings is 3. The molecule has 8 nitrogen and oxygen atoms in total. The number of likely N-dealkylation sites (N-methyl/N-ethyl adjacent to an activating group) is 1. The van der Waals surface area contributed by atoms with Crippen molar-refractivity contribution < 1.29 is 22.7 Å². The van der Waals surface area contributed by atoms with Crippen LogP contribution in [0.2, 0.25) is 5.02 Å². The highest BCUT2D eigenvalue weighted by molar-refractivity contribution is 7.89. The summed E-state index contributed by atoms with van der Waals surface area (Å²) in [5.74, 6) is 0.215. The molecular weight excluding hydrogens is 478 g/mol. The minimum absolute atomic E-state index is 0.0448. The Morgan fingerprint density at radius 1 is 0.912 bits per heavy atom. The number of hydrogen-bond acceptors (Lipinski definition) is 6. The minimum Gasteiger partial charge on any atom is -0.493 e. The van der Waals surface area contributed by atoms with Crippen molar-refractivity contribution in [2.24, 2.45) is 0 Å². The summed E-state index contributed by atoms with van der Waals surface area (Å²) in [5.41, 5.74) is 2.17. The lowest BCUT2D eigenvalue weighted by atomic mass is 10.2. The highest BCUT2D eigenvalue weighted by Gasteiger charge is 2.22. The molecule has 0 bridgehead atoms. The quantitative estimate of drug-likeness (QED) is 0.473. The van der Waals surface area contributed by atoms with E-state index in [2.05, 4.69) is 4.72 Å². The number of sulfonamides is 1. The van der Waals surface area contributed by atoms with Gasteiger partial charge in [0.1, 0.15) is 0 Å². The molecular formula is C24H26ClN3O5S. The van der Waals surface area contributed by atoms with E-state index in [1.807, 2.05) is 42.3 Å². The third-order valence-electron chi connectivity index (χ3n) is 5.26. The third kappa shape index (κ3) is 5.61. The lowest BCUT2D eigenvalue weighted by Gasteiger charge is -2.27. The second kappa shape index (κ2) is 10.8. The largest absolute Gasteiger partial charge is 0.493 e. The van der Waals surface area contributed by atoms with Gasteiger partial charge in [0.2, 0.25) is 15.9 Å². The van der Waals surface area contributed by atoms with E-state index in [0.717, 1.165) is 5.69 Å². The van der Waals surface area contributed by atoms with Gasteiger partial charge in [0, 0.05) is 30.9 Å². The lowest BCUT2D eigenvalue weighted by molar-refractivity contribution is -0.117. The Morgan fingerprint density at radius 3 is 2.24 bits per heavy atom. The predicted octanol–water partition coefficient (Wildman–Crippen LogP) is 4.07. The van der Waals surface area contributed by atoms with Crippen molar-refractivity contribution in [1.82, 2.24) is 4.72 Å². The van der Waals surface area contributed by atoms with Crippen LogP contribution < -0.4 is 24.0 Å². The zero-order valence-electron chi connectivity index (χ0n) is 19.3. The first-order valence-electron chi connectivity index (χ1n) is 10.2. The Balaban J connectivity index is 1.80. The first-order valence-corrected chi connectivity index (χ1v) is 12.1. The molecule has 0 atom stereocenters. The zero-order chi connectivity index (χ0) is 24.9. The summed E-state index contributed by atoms with van der Waals surface area (Å²) in [6, 6.07) is 19.0. The van der Waals surface area contributed by atoms with Gasteiger partial charge in [-0.1, -0.05) is 29.8 Å². The SMILES string of the molecule is COc1ccc(S(=O)(=O)NCC(=O)N(C)c2ccc(Cl)cc2N(C)c2ccccc2)cc1OC. The second-order valence-corrected chi connectivity index (χ2v) is 9.53. The normalized spacial score (nSPS) is 11.1. The highest BCUT2D eigenvalue weighted by Crippen LogP contribution is 2.35. The van der Waals surface area contributed by atoms with Crippen LogP contribution in [0.25, 0.3) is 0 Å². The van der Waals surface area contributed by atoms with E-state index in [1.54, 1.807) is 25.2 Å². The first kappa shape index (κ1) is 25.4. The molecule has 0 spiro atoms. The van der Waals surface area contributed by atoms with Crippen molar-refractivity contribution in [3.8, 4) is 11.5 Å². The molecule has 10 heteroatoms. The van der Waals surface area contributed by atoms with Crippen LogP contribution in [0.5, 0.6) is 11.5 Å². The van der Waals surface area contributed by atoms with E-state index in [-0.39, 0.29) is 10.6 Å². The molecule has 0 radical (unpaired) electrons. The monoisotopic (exact) mass is 503 g/mol. The smallest absolute Gasteiger partial charge is 0.241 e. The van der Waals surface area contributed by atoms with E-state index in [9.17, 15) is 13.2 Å². The third-order valence-corrected chi connectivity index (χ3v) is 6.89. The van der Waals surface area contributed by atoms with Crippen LogP contribution >= 0.6 is 11.6 Å². The average Bonchev–Trinajstić information content (AvgIpc) is 2.86. The van der Waals surface area contributed by atoms with Crippen molar-refractivity contribution in [2.75, 3.05) is 44.7 Å². The summed E-state index contributed by atoms with van der Waals surface area (Å²) in [7, 11) is 2.35. The fourth-order valence-electron chi connectivity index (χ4n) is 3.32. The van der Waals surface area contributed by atoms with E-state index in [0.29, 0.717) is 22.1 Å². The molecule has 0 saturated carbocycles. The first-order chi connectivity index (χ1) is 16.2. The molecule has 0 aromatic heterocycles. The van der Waals surface area contributed by atoms with E-state index in [4.69, 9.17) is 21.1 Å². The molecule has 1 N–H and O–H groups in total. The number of hydrogen-bond donors (Lipinski definition) is 1. The van der Waals surface area contributed by atoms with Crippen LogP contribution in [0.4, 0.5) is 17.1 Å². The molecule has 3 aromatic rings. The van der Waals surface area contributed by atoms with Crippen LogP contribution in [0.15, 0.2) is 71.6 Å². The van der Waals surface area contributed by atoms with Crippen molar-refractivity contribution >= 4 is 44.6 Å². The zero-order valence-corrected chi connectivity index (χ0v) is 20.9. The van der Waals surface area contributed by atoms with Crippen LogP contribution in [0.1, 0.15) is 0 Å². The van der Waals surface area contributed by atoms with Gasteiger partial charge >= 0.3 is 0 Å². The van der Waals surface area contributed by atoms with Crippen LogP contribution in [-0.2, 0) is 14.8 Å². The van der Waals surface area contributed by atoms with Crippen molar-refractivity contribution in [3.05, 3.63) is 71.8 Å². The fourth-order valence-corrected chi connectivity index (χ4v) is 4.47. The number of carbonyl (C=O) groups is 1. The Kier molecular flexibility index (Phi) is 8.03. The Morgan fingerprint density at radius 2 is 1.59 bits per heavy atom. The number of amides is 1. The maximum atomic E-state index is 12.9. The minimum atomic E-state index is -3.97. The van der Waals surface area contributed by atoms with Gasteiger partial charge in [-0.25, -0.2) is 13.1 Å². The molecule has 0 saturated heterocycles. The standard InChI is InChI=1S/C24H26ClN3O5S/c1-27(18-8-6-5-7-9-18)21-14-17(25)10-12-20(21)28(2)24(29)16-26-34(30,31)19-11-13-22(32-3)23(15-19)33-4/h5-15,26H,16H2,1-4H3. The highest BCUT2D eigenvalue weighted by atomic mass is 35.5. The molecule has 34 heavy (non-hydrogen) atoms. The van der Waals surface area contributed by atoms with Crippen LogP contribution in [0.3, 0.4) is 0 Å². The maximum Gasteiger partial charge on any atom is 0.241 e. The van der Waals surface area contributed by atoms with Crippen molar-refractivity contribution in [3.63, 3.8) is 0 Å². The number of ether oxygens (including phenoxy) is 2. The molecule has 3 aromatic carbocycles. The van der Waals surface area contributed by atoms with Gasteiger partial charge in [-0.15, -0.1) is 0 Å². The van der Waals surface area contributed by atoms with E-state index in [1.165, 1.54) is 37.3 Å². The molecule has 0 aliphatic heterocycles. The average molecular weight is 504 g/mol.